The van der Waals surface area contributed by atoms with Crippen LogP contribution in [0.25, 0.3) is 10.8 Å². The molecule has 1 saturated heterocycles. The highest BCUT2D eigenvalue weighted by atomic mass is 32.2. The van der Waals surface area contributed by atoms with Crippen molar-refractivity contribution in [2.75, 3.05) is 27.3 Å². The Hall–Kier alpha value is -3.10. The normalized spacial score (nSPS) is 17.0. The molecule has 33 heavy (non-hydrogen) atoms. The number of amides is 1. The van der Waals surface area contributed by atoms with Crippen LogP contribution in [0.4, 0.5) is 0 Å². The number of fused-ring (bicyclic) bond motifs is 1. The molecule has 1 fully saturated rings. The molecule has 0 aliphatic carbocycles. The first-order valence-corrected chi connectivity index (χ1v) is 12.3. The fraction of sp³-hybridized carbons (Fsp3) is 0.320. The van der Waals surface area contributed by atoms with Crippen molar-refractivity contribution in [3.8, 4) is 11.5 Å². The van der Waals surface area contributed by atoms with E-state index in [0.29, 0.717) is 31.7 Å². The number of carbonyl (C=O) groups excluding carboxylic acids is 1. The molecule has 174 valence electrons. The number of benzene rings is 3. The van der Waals surface area contributed by atoms with E-state index in [1.165, 1.54) is 24.6 Å². The highest BCUT2D eigenvalue weighted by molar-refractivity contribution is 7.89. The summed E-state index contributed by atoms with van der Waals surface area (Å²) < 4.78 is 38.6. The lowest BCUT2D eigenvalue weighted by Crippen LogP contribution is -2.45. The average molecular weight is 469 g/mol. The second kappa shape index (κ2) is 9.80. The molecule has 1 heterocycles. The molecule has 1 aliphatic heterocycles. The Morgan fingerprint density at radius 1 is 1.06 bits per heavy atom. The van der Waals surface area contributed by atoms with Gasteiger partial charge in [0, 0.05) is 25.7 Å². The number of carbonyl (C=O) groups is 1. The minimum absolute atomic E-state index is 0.0427. The summed E-state index contributed by atoms with van der Waals surface area (Å²) in [5.74, 6) is 0.120. The summed E-state index contributed by atoms with van der Waals surface area (Å²) >= 11 is 0. The zero-order valence-electron chi connectivity index (χ0n) is 18.8. The van der Waals surface area contributed by atoms with Crippen molar-refractivity contribution < 1.29 is 22.7 Å². The van der Waals surface area contributed by atoms with Crippen molar-refractivity contribution in [3.05, 3.63) is 66.2 Å². The Balaban J connectivity index is 1.48. The van der Waals surface area contributed by atoms with Crippen molar-refractivity contribution in [1.82, 2.24) is 9.62 Å². The molecule has 0 radical (unpaired) electrons. The molecule has 3 aromatic carbocycles. The lowest BCUT2D eigenvalue weighted by molar-refractivity contribution is -0.126. The van der Waals surface area contributed by atoms with Gasteiger partial charge in [0.25, 0.3) is 0 Å². The summed E-state index contributed by atoms with van der Waals surface area (Å²) in [5, 5.41) is 5.22. The number of rotatable bonds is 7. The Labute approximate surface area is 194 Å². The van der Waals surface area contributed by atoms with Crippen molar-refractivity contribution in [2.45, 2.75) is 24.3 Å². The van der Waals surface area contributed by atoms with E-state index in [2.05, 4.69) is 5.32 Å². The molecule has 3 aromatic rings. The summed E-state index contributed by atoms with van der Waals surface area (Å²) in [6.07, 6.45) is 1.25. The lowest BCUT2D eigenvalue weighted by atomic mass is 9.98. The van der Waals surface area contributed by atoms with E-state index in [1.807, 2.05) is 42.5 Å². The largest absolute Gasteiger partial charge is 0.497 e. The average Bonchev–Trinajstić information content (AvgIpc) is 2.86. The van der Waals surface area contributed by atoms with E-state index in [1.54, 1.807) is 12.1 Å². The van der Waals surface area contributed by atoms with Gasteiger partial charge in [-0.05, 0) is 41.3 Å². The fourth-order valence-corrected chi connectivity index (χ4v) is 5.97. The second-order valence-electron chi connectivity index (χ2n) is 8.08. The SMILES string of the molecule is COc1ccc(OC)c(S(=O)(=O)N2CCC[C@H](C(=O)NCc3cccc4ccccc34)C2)c1. The first kappa shape index (κ1) is 23.1. The minimum Gasteiger partial charge on any atom is -0.497 e. The van der Waals surface area contributed by atoms with Crippen LogP contribution in [-0.4, -0.2) is 45.9 Å². The van der Waals surface area contributed by atoms with Gasteiger partial charge in [-0.25, -0.2) is 8.42 Å². The maximum absolute atomic E-state index is 13.4. The molecule has 1 aliphatic rings. The van der Waals surface area contributed by atoms with Gasteiger partial charge >= 0.3 is 0 Å². The molecule has 1 N–H and O–H groups in total. The van der Waals surface area contributed by atoms with Crippen LogP contribution >= 0.6 is 0 Å². The van der Waals surface area contributed by atoms with Crippen LogP contribution in [0.3, 0.4) is 0 Å². The van der Waals surface area contributed by atoms with E-state index in [9.17, 15) is 13.2 Å². The molecular weight excluding hydrogens is 440 g/mol. The zero-order chi connectivity index (χ0) is 23.4. The summed E-state index contributed by atoms with van der Waals surface area (Å²) in [6, 6.07) is 18.7. The Morgan fingerprint density at radius 2 is 1.85 bits per heavy atom. The van der Waals surface area contributed by atoms with Crippen LogP contribution in [-0.2, 0) is 21.4 Å². The number of piperidine rings is 1. The smallest absolute Gasteiger partial charge is 0.246 e. The van der Waals surface area contributed by atoms with Gasteiger partial charge in [-0.15, -0.1) is 0 Å². The molecule has 1 amide bonds. The predicted octanol–water partition coefficient (Wildman–Crippen LogP) is 3.57. The highest BCUT2D eigenvalue weighted by Gasteiger charge is 2.35. The predicted molar refractivity (Wildman–Crippen MR) is 127 cm³/mol. The van der Waals surface area contributed by atoms with Crippen LogP contribution in [0, 0.1) is 5.92 Å². The van der Waals surface area contributed by atoms with Gasteiger partial charge in [0.15, 0.2) is 0 Å². The van der Waals surface area contributed by atoms with Gasteiger partial charge in [0.05, 0.1) is 20.1 Å². The van der Waals surface area contributed by atoms with Gasteiger partial charge in [-0.3, -0.25) is 4.79 Å². The molecular formula is C25H28N2O5S. The Bertz CT molecular complexity index is 1250. The first-order chi connectivity index (χ1) is 15.9. The fourth-order valence-electron chi connectivity index (χ4n) is 4.27. The van der Waals surface area contributed by atoms with E-state index in [-0.39, 0.29) is 23.1 Å². The van der Waals surface area contributed by atoms with Crippen LogP contribution in [0.1, 0.15) is 18.4 Å². The van der Waals surface area contributed by atoms with Crippen molar-refractivity contribution >= 4 is 26.7 Å². The molecule has 0 unspecified atom stereocenters. The number of ether oxygens (including phenoxy) is 2. The van der Waals surface area contributed by atoms with Crippen LogP contribution in [0.15, 0.2) is 65.6 Å². The van der Waals surface area contributed by atoms with E-state index < -0.39 is 15.9 Å². The zero-order valence-corrected chi connectivity index (χ0v) is 19.6. The monoisotopic (exact) mass is 468 g/mol. The van der Waals surface area contributed by atoms with Crippen LogP contribution < -0.4 is 14.8 Å². The van der Waals surface area contributed by atoms with Crippen molar-refractivity contribution in [2.24, 2.45) is 5.92 Å². The van der Waals surface area contributed by atoms with Gasteiger partial charge in [0.1, 0.15) is 16.4 Å². The van der Waals surface area contributed by atoms with E-state index in [4.69, 9.17) is 9.47 Å². The molecule has 4 rings (SSSR count). The summed E-state index contributed by atoms with van der Waals surface area (Å²) in [6.45, 7) is 0.882. The number of nitrogens with one attached hydrogen (secondary N) is 1. The van der Waals surface area contributed by atoms with Gasteiger partial charge in [0.2, 0.25) is 15.9 Å². The minimum atomic E-state index is -3.85. The highest BCUT2D eigenvalue weighted by Crippen LogP contribution is 2.32. The summed E-state index contributed by atoms with van der Waals surface area (Å²) in [4.78, 5) is 13.0. The number of hydrogen-bond acceptors (Lipinski definition) is 5. The van der Waals surface area contributed by atoms with Crippen LogP contribution in [0.5, 0.6) is 11.5 Å². The third-order valence-corrected chi connectivity index (χ3v) is 7.96. The van der Waals surface area contributed by atoms with Crippen molar-refractivity contribution in [1.29, 1.82) is 0 Å². The Kier molecular flexibility index (Phi) is 6.85. The maximum atomic E-state index is 13.4. The second-order valence-corrected chi connectivity index (χ2v) is 9.98. The molecule has 0 bridgehead atoms. The lowest BCUT2D eigenvalue weighted by Gasteiger charge is -2.31. The number of hydrogen-bond donors (Lipinski definition) is 1. The third-order valence-electron chi connectivity index (χ3n) is 6.08. The van der Waals surface area contributed by atoms with Crippen molar-refractivity contribution in [3.63, 3.8) is 0 Å². The van der Waals surface area contributed by atoms with Gasteiger partial charge in [-0.2, -0.15) is 4.31 Å². The number of nitrogens with zero attached hydrogens (tertiary/aromatic N) is 1. The van der Waals surface area contributed by atoms with E-state index >= 15 is 0 Å². The molecule has 0 saturated carbocycles. The molecule has 0 spiro atoms. The van der Waals surface area contributed by atoms with Crippen LogP contribution in [0.2, 0.25) is 0 Å². The molecule has 1 atom stereocenters. The summed E-state index contributed by atoms with van der Waals surface area (Å²) in [7, 11) is -0.939. The quantitative estimate of drug-likeness (QED) is 0.573. The standard InChI is InChI=1S/C25H28N2O5S/c1-31-21-12-13-23(32-2)24(15-21)33(29,30)27-14-6-10-20(17-27)25(28)26-16-19-9-5-8-18-7-3-4-11-22(18)19/h3-5,7-9,11-13,15,20H,6,10,14,16-17H2,1-2H3,(H,26,28)/t20-/m0/s1. The van der Waals surface area contributed by atoms with Gasteiger partial charge < -0.3 is 14.8 Å². The van der Waals surface area contributed by atoms with E-state index in [0.717, 1.165) is 16.3 Å². The number of sulfonamides is 1. The molecule has 8 heteroatoms. The first-order valence-electron chi connectivity index (χ1n) is 10.9. The maximum Gasteiger partial charge on any atom is 0.246 e. The molecule has 7 nitrogen and oxygen atoms in total. The summed E-state index contributed by atoms with van der Waals surface area (Å²) in [5.41, 5.74) is 1.03. The third kappa shape index (κ3) is 4.82. The Morgan fingerprint density at radius 3 is 2.64 bits per heavy atom. The topological polar surface area (TPSA) is 84.9 Å². The molecule has 0 aromatic heterocycles. The van der Waals surface area contributed by atoms with Gasteiger partial charge in [-0.1, -0.05) is 42.5 Å². The number of methoxy groups -OCH3 is 2.